The molecule has 0 fully saturated rings. The summed E-state index contributed by atoms with van der Waals surface area (Å²) in [7, 11) is 1.56. The Morgan fingerprint density at radius 1 is 1.50 bits per heavy atom. The number of methoxy groups -OCH3 is 1. The molecule has 0 atom stereocenters. The number of rotatable bonds is 2. The molecule has 0 radical (unpaired) electrons. The van der Waals surface area contributed by atoms with Crippen molar-refractivity contribution in [3.05, 3.63) is 16.8 Å². The van der Waals surface area contributed by atoms with Gasteiger partial charge in [0, 0.05) is 0 Å². The van der Waals surface area contributed by atoms with Crippen LogP contribution in [0.3, 0.4) is 0 Å². The van der Waals surface area contributed by atoms with Gasteiger partial charge in [-0.2, -0.15) is 0 Å². The van der Waals surface area contributed by atoms with E-state index in [1.165, 1.54) is 17.7 Å². The van der Waals surface area contributed by atoms with Gasteiger partial charge < -0.3 is 4.74 Å². The minimum atomic E-state index is 0.525. The maximum Gasteiger partial charge on any atom is 0.225 e. The molecule has 0 spiro atoms. The highest BCUT2D eigenvalue weighted by Crippen LogP contribution is 2.32. The number of fused-ring (bicyclic) bond motifs is 1. The van der Waals surface area contributed by atoms with E-state index in [1.54, 1.807) is 7.11 Å². The third-order valence-electron chi connectivity index (χ3n) is 2.03. The molecule has 0 aromatic carbocycles. The van der Waals surface area contributed by atoms with Gasteiger partial charge in [0.05, 0.1) is 17.4 Å². The molecule has 2 aromatic heterocycles. The molecule has 5 heteroatoms. The van der Waals surface area contributed by atoms with Gasteiger partial charge in [-0.3, -0.25) is 4.79 Å². The lowest BCUT2D eigenvalue weighted by molar-refractivity contribution is 0.112. The number of aromatic nitrogens is 2. The molecular formula is C9H8N2O2S. The fourth-order valence-corrected chi connectivity index (χ4v) is 2.28. The lowest BCUT2D eigenvalue weighted by Crippen LogP contribution is -1.89. The van der Waals surface area contributed by atoms with Crippen LogP contribution in [0.4, 0.5) is 0 Å². The Balaban J connectivity index is 2.85. The topological polar surface area (TPSA) is 52.1 Å². The van der Waals surface area contributed by atoms with E-state index in [-0.39, 0.29) is 0 Å². The van der Waals surface area contributed by atoms with Crippen molar-refractivity contribution in [2.24, 2.45) is 0 Å². The van der Waals surface area contributed by atoms with Crippen molar-refractivity contribution in [1.29, 1.82) is 0 Å². The Morgan fingerprint density at radius 3 is 2.93 bits per heavy atom. The molecule has 2 rings (SSSR count). The largest absolute Gasteiger partial charge is 0.480 e. The number of ether oxygens (including phenoxy) is 1. The highest BCUT2D eigenvalue weighted by atomic mass is 32.1. The lowest BCUT2D eigenvalue weighted by Gasteiger charge is -1.99. The van der Waals surface area contributed by atoms with Gasteiger partial charge in [-0.15, -0.1) is 11.3 Å². The van der Waals surface area contributed by atoms with Gasteiger partial charge in [0.15, 0.2) is 6.29 Å². The second-order valence-electron chi connectivity index (χ2n) is 2.77. The molecule has 0 N–H and O–H groups in total. The minimum absolute atomic E-state index is 0.525. The molecule has 0 saturated carbocycles. The minimum Gasteiger partial charge on any atom is -0.480 e. The Morgan fingerprint density at radius 2 is 2.29 bits per heavy atom. The first-order valence-corrected chi connectivity index (χ1v) is 4.83. The summed E-state index contributed by atoms with van der Waals surface area (Å²) in [5.74, 6) is 0.525. The average Bonchev–Trinajstić information content (AvgIpc) is 2.55. The Kier molecular flexibility index (Phi) is 2.17. The van der Waals surface area contributed by atoms with E-state index in [9.17, 15) is 4.79 Å². The summed E-state index contributed by atoms with van der Waals surface area (Å²) < 4.78 is 5.11. The van der Waals surface area contributed by atoms with Gasteiger partial charge in [-0.1, -0.05) is 0 Å². The molecule has 14 heavy (non-hydrogen) atoms. The zero-order chi connectivity index (χ0) is 10.1. The van der Waals surface area contributed by atoms with Crippen LogP contribution in [0.5, 0.6) is 5.88 Å². The standard InChI is InChI=1S/C9H8N2O2S/c1-5-6(3-12)14-9-7(5)8(13-2)10-4-11-9/h3-4H,1-2H3. The average molecular weight is 208 g/mol. The molecule has 0 amide bonds. The van der Waals surface area contributed by atoms with E-state index in [0.29, 0.717) is 10.8 Å². The van der Waals surface area contributed by atoms with Crippen molar-refractivity contribution in [3.63, 3.8) is 0 Å². The summed E-state index contributed by atoms with van der Waals surface area (Å²) in [5.41, 5.74) is 0.887. The maximum absolute atomic E-state index is 10.7. The Bertz CT molecular complexity index is 493. The first-order chi connectivity index (χ1) is 6.77. The van der Waals surface area contributed by atoms with Gasteiger partial charge in [-0.05, 0) is 12.5 Å². The van der Waals surface area contributed by atoms with Crippen molar-refractivity contribution in [3.8, 4) is 5.88 Å². The Hall–Kier alpha value is -1.49. The van der Waals surface area contributed by atoms with Crippen molar-refractivity contribution >= 4 is 27.8 Å². The fourth-order valence-electron chi connectivity index (χ4n) is 1.32. The van der Waals surface area contributed by atoms with E-state index < -0.39 is 0 Å². The third-order valence-corrected chi connectivity index (χ3v) is 3.15. The monoisotopic (exact) mass is 208 g/mol. The number of thiophene rings is 1. The second-order valence-corrected chi connectivity index (χ2v) is 3.80. The SMILES string of the molecule is COc1ncnc2sc(C=O)c(C)c12. The summed E-state index contributed by atoms with van der Waals surface area (Å²) in [6.07, 6.45) is 2.27. The van der Waals surface area contributed by atoms with E-state index in [4.69, 9.17) is 4.74 Å². The predicted octanol–water partition coefficient (Wildman–Crippen LogP) is 1.82. The molecule has 2 heterocycles. The molecule has 4 nitrogen and oxygen atoms in total. The van der Waals surface area contributed by atoms with Crippen molar-refractivity contribution in [2.75, 3.05) is 7.11 Å². The molecule has 0 unspecified atom stereocenters. The number of carbonyl (C=O) groups excluding carboxylic acids is 1. The summed E-state index contributed by atoms with van der Waals surface area (Å²) in [5, 5.41) is 0.835. The van der Waals surface area contributed by atoms with Crippen molar-refractivity contribution in [1.82, 2.24) is 9.97 Å². The van der Waals surface area contributed by atoms with Crippen LogP contribution < -0.4 is 4.74 Å². The van der Waals surface area contributed by atoms with E-state index in [1.807, 2.05) is 6.92 Å². The zero-order valence-electron chi connectivity index (χ0n) is 7.77. The van der Waals surface area contributed by atoms with E-state index in [2.05, 4.69) is 9.97 Å². The molecule has 0 aliphatic heterocycles. The zero-order valence-corrected chi connectivity index (χ0v) is 8.59. The number of hydrogen-bond donors (Lipinski definition) is 0. The molecule has 0 aliphatic carbocycles. The van der Waals surface area contributed by atoms with Crippen LogP contribution in [-0.2, 0) is 0 Å². The predicted molar refractivity (Wildman–Crippen MR) is 54.1 cm³/mol. The first kappa shape index (κ1) is 9.08. The molecule has 0 saturated heterocycles. The van der Waals surface area contributed by atoms with E-state index in [0.717, 1.165) is 22.1 Å². The second kappa shape index (κ2) is 3.34. The first-order valence-electron chi connectivity index (χ1n) is 4.01. The molecular weight excluding hydrogens is 200 g/mol. The van der Waals surface area contributed by atoms with Gasteiger partial charge >= 0.3 is 0 Å². The molecule has 0 bridgehead atoms. The fraction of sp³-hybridized carbons (Fsp3) is 0.222. The maximum atomic E-state index is 10.7. The summed E-state index contributed by atoms with van der Waals surface area (Å²) >= 11 is 1.35. The van der Waals surface area contributed by atoms with Crippen LogP contribution in [-0.4, -0.2) is 23.4 Å². The molecule has 2 aromatic rings. The number of aldehydes is 1. The van der Waals surface area contributed by atoms with Gasteiger partial charge in [0.2, 0.25) is 5.88 Å². The number of aryl methyl sites for hydroxylation is 1. The summed E-state index contributed by atoms with van der Waals surface area (Å²) in [6, 6.07) is 0. The van der Waals surface area contributed by atoms with Crippen LogP contribution in [0.25, 0.3) is 10.2 Å². The Labute approximate surface area is 84.6 Å². The smallest absolute Gasteiger partial charge is 0.225 e. The van der Waals surface area contributed by atoms with Crippen molar-refractivity contribution in [2.45, 2.75) is 6.92 Å². The summed E-state index contributed by atoms with van der Waals surface area (Å²) in [6.45, 7) is 1.87. The number of carbonyl (C=O) groups is 1. The quantitative estimate of drug-likeness (QED) is 0.706. The van der Waals surface area contributed by atoms with Gasteiger partial charge in [-0.25, -0.2) is 9.97 Å². The van der Waals surface area contributed by atoms with Crippen LogP contribution in [0.15, 0.2) is 6.33 Å². The molecule has 72 valence electrons. The van der Waals surface area contributed by atoms with Crippen LogP contribution in [0, 0.1) is 6.92 Å². The van der Waals surface area contributed by atoms with Gasteiger partial charge in [0.1, 0.15) is 11.2 Å². The van der Waals surface area contributed by atoms with Gasteiger partial charge in [0.25, 0.3) is 0 Å². The third kappa shape index (κ3) is 1.17. The number of hydrogen-bond acceptors (Lipinski definition) is 5. The lowest BCUT2D eigenvalue weighted by atomic mass is 10.2. The van der Waals surface area contributed by atoms with Crippen LogP contribution in [0.1, 0.15) is 15.2 Å². The highest BCUT2D eigenvalue weighted by Gasteiger charge is 2.13. The summed E-state index contributed by atoms with van der Waals surface area (Å²) in [4.78, 5) is 20.3. The molecule has 0 aliphatic rings. The normalized spacial score (nSPS) is 10.4. The van der Waals surface area contributed by atoms with Crippen LogP contribution in [0.2, 0.25) is 0 Å². The highest BCUT2D eigenvalue weighted by molar-refractivity contribution is 7.20. The van der Waals surface area contributed by atoms with Crippen molar-refractivity contribution < 1.29 is 9.53 Å². The number of nitrogens with zero attached hydrogens (tertiary/aromatic N) is 2. The van der Waals surface area contributed by atoms with E-state index >= 15 is 0 Å². The van der Waals surface area contributed by atoms with Crippen LogP contribution >= 0.6 is 11.3 Å².